The van der Waals surface area contributed by atoms with E-state index < -0.39 is 4.92 Å². The minimum atomic E-state index is -0.467. The van der Waals surface area contributed by atoms with E-state index in [4.69, 9.17) is 19.2 Å². The average molecular weight is 430 g/mol. The first-order valence-corrected chi connectivity index (χ1v) is 10.3. The van der Waals surface area contributed by atoms with Gasteiger partial charge in [0.1, 0.15) is 10.7 Å². The third kappa shape index (κ3) is 4.07. The number of hydrogen-bond acceptors (Lipinski definition) is 9. The molecule has 3 aromatic rings. The Hall–Kier alpha value is -2.82. The molecule has 30 heavy (non-hydrogen) atoms. The predicted molar refractivity (Wildman–Crippen MR) is 113 cm³/mol. The van der Waals surface area contributed by atoms with Crippen LogP contribution in [0.25, 0.3) is 10.2 Å². The average Bonchev–Trinajstić information content (AvgIpc) is 3.02. The van der Waals surface area contributed by atoms with Gasteiger partial charge in [-0.25, -0.2) is 4.98 Å². The van der Waals surface area contributed by atoms with Gasteiger partial charge in [-0.1, -0.05) is 0 Å². The number of nitro groups is 1. The van der Waals surface area contributed by atoms with Gasteiger partial charge in [0.15, 0.2) is 11.5 Å². The van der Waals surface area contributed by atoms with Crippen LogP contribution < -0.4 is 9.47 Å². The highest BCUT2D eigenvalue weighted by Gasteiger charge is 2.21. The zero-order valence-corrected chi connectivity index (χ0v) is 17.8. The summed E-state index contributed by atoms with van der Waals surface area (Å²) in [5.41, 5.74) is 0.954. The number of nitrogens with zero attached hydrogens (tertiary/aromatic N) is 4. The number of methoxy groups -OCH3 is 1. The molecule has 0 amide bonds. The van der Waals surface area contributed by atoms with E-state index >= 15 is 0 Å². The van der Waals surface area contributed by atoms with Crippen molar-refractivity contribution in [2.45, 2.75) is 20.4 Å². The highest BCUT2D eigenvalue weighted by molar-refractivity contribution is 7.18. The van der Waals surface area contributed by atoms with Crippen molar-refractivity contribution in [3.8, 4) is 17.4 Å². The van der Waals surface area contributed by atoms with Crippen LogP contribution in [0, 0.1) is 24.0 Å². The largest absolute Gasteiger partial charge is 0.493 e. The third-order valence-corrected chi connectivity index (χ3v) is 6.18. The first kappa shape index (κ1) is 20.5. The number of ether oxygens (including phenoxy) is 3. The topological polar surface area (TPSA) is 99.9 Å². The van der Waals surface area contributed by atoms with Crippen molar-refractivity contribution in [1.29, 1.82) is 0 Å². The highest BCUT2D eigenvalue weighted by Crippen LogP contribution is 2.40. The number of morpholine rings is 1. The molecule has 3 heterocycles. The Labute approximate surface area is 177 Å². The summed E-state index contributed by atoms with van der Waals surface area (Å²) in [6.07, 6.45) is 0. The first-order chi connectivity index (χ1) is 14.5. The molecule has 1 aliphatic heterocycles. The molecule has 0 spiro atoms. The van der Waals surface area contributed by atoms with Crippen LogP contribution >= 0.6 is 11.3 Å². The van der Waals surface area contributed by atoms with E-state index in [0.29, 0.717) is 37.2 Å². The molecule has 4 rings (SSSR count). The van der Waals surface area contributed by atoms with Gasteiger partial charge < -0.3 is 14.2 Å². The molecule has 0 N–H and O–H groups in total. The second kappa shape index (κ2) is 8.50. The summed E-state index contributed by atoms with van der Waals surface area (Å²) < 4.78 is 16.9. The molecule has 2 aromatic heterocycles. The second-order valence-corrected chi connectivity index (χ2v) is 8.19. The number of thiophene rings is 1. The van der Waals surface area contributed by atoms with Crippen molar-refractivity contribution in [2.75, 3.05) is 33.4 Å². The van der Waals surface area contributed by atoms with Gasteiger partial charge in [-0.05, 0) is 25.5 Å². The summed E-state index contributed by atoms with van der Waals surface area (Å²) in [5.74, 6) is 1.66. The lowest BCUT2D eigenvalue weighted by atomic mass is 10.2. The minimum absolute atomic E-state index is 0.0807. The van der Waals surface area contributed by atoms with E-state index in [9.17, 15) is 10.1 Å². The number of fused-ring (bicyclic) bond motifs is 1. The maximum atomic E-state index is 11.2. The van der Waals surface area contributed by atoms with Gasteiger partial charge in [0, 0.05) is 24.0 Å². The number of rotatable bonds is 6. The van der Waals surface area contributed by atoms with E-state index in [2.05, 4.69) is 9.88 Å². The monoisotopic (exact) mass is 430 g/mol. The SMILES string of the molecule is COc1ccc([N+](=O)[O-])cc1Oc1nc(CN2CCOCC2)nc2sc(C)c(C)c12. The Morgan fingerprint density at radius 2 is 2.00 bits per heavy atom. The number of non-ortho nitro benzene ring substituents is 1. The molecular weight excluding hydrogens is 408 g/mol. The lowest BCUT2D eigenvalue weighted by molar-refractivity contribution is -0.384. The number of nitro benzene ring substituents is 1. The summed E-state index contributed by atoms with van der Waals surface area (Å²) in [7, 11) is 1.49. The smallest absolute Gasteiger partial charge is 0.273 e. The molecule has 0 saturated carbocycles. The number of aromatic nitrogens is 2. The van der Waals surface area contributed by atoms with Crippen LogP contribution in [0.2, 0.25) is 0 Å². The maximum Gasteiger partial charge on any atom is 0.273 e. The van der Waals surface area contributed by atoms with Gasteiger partial charge in [-0.2, -0.15) is 4.98 Å². The lowest BCUT2D eigenvalue weighted by Gasteiger charge is -2.25. The fraction of sp³-hybridized carbons (Fsp3) is 0.400. The Morgan fingerprint density at radius 1 is 1.23 bits per heavy atom. The fourth-order valence-corrected chi connectivity index (χ4v) is 4.36. The summed E-state index contributed by atoms with van der Waals surface area (Å²) in [6, 6.07) is 4.25. The summed E-state index contributed by atoms with van der Waals surface area (Å²) in [5, 5.41) is 12.0. The fourth-order valence-electron chi connectivity index (χ4n) is 3.32. The molecule has 0 aliphatic carbocycles. The normalized spacial score (nSPS) is 14.8. The molecule has 0 atom stereocenters. The number of benzene rings is 1. The first-order valence-electron chi connectivity index (χ1n) is 9.53. The van der Waals surface area contributed by atoms with Gasteiger partial charge in [-0.15, -0.1) is 11.3 Å². The van der Waals surface area contributed by atoms with Crippen molar-refractivity contribution >= 4 is 27.2 Å². The summed E-state index contributed by atoms with van der Waals surface area (Å²) in [4.78, 5) is 24.4. The Morgan fingerprint density at radius 3 is 2.70 bits per heavy atom. The molecule has 9 nitrogen and oxygen atoms in total. The second-order valence-electron chi connectivity index (χ2n) is 6.99. The zero-order chi connectivity index (χ0) is 21.3. The molecule has 1 fully saturated rings. The van der Waals surface area contributed by atoms with Crippen molar-refractivity contribution < 1.29 is 19.1 Å². The van der Waals surface area contributed by atoms with Crippen LogP contribution in [0.15, 0.2) is 18.2 Å². The van der Waals surface area contributed by atoms with E-state index in [-0.39, 0.29) is 11.4 Å². The Balaban J connectivity index is 1.77. The highest BCUT2D eigenvalue weighted by atomic mass is 32.1. The van der Waals surface area contributed by atoms with E-state index in [1.807, 2.05) is 13.8 Å². The zero-order valence-electron chi connectivity index (χ0n) is 17.0. The summed E-state index contributed by atoms with van der Waals surface area (Å²) >= 11 is 1.58. The molecule has 158 valence electrons. The maximum absolute atomic E-state index is 11.2. The number of hydrogen-bond donors (Lipinski definition) is 0. The quantitative estimate of drug-likeness (QED) is 0.429. The van der Waals surface area contributed by atoms with Crippen molar-refractivity contribution in [2.24, 2.45) is 0 Å². The standard InChI is InChI=1S/C20H22N4O5S/c1-12-13(2)30-20-18(12)19(21-17(22-20)11-23-6-8-28-9-7-23)29-16-10-14(24(25)26)4-5-15(16)27-3/h4-5,10H,6-9,11H2,1-3H3. The van der Waals surface area contributed by atoms with Crippen molar-refractivity contribution in [1.82, 2.24) is 14.9 Å². The van der Waals surface area contributed by atoms with Gasteiger partial charge in [0.05, 0.1) is 43.2 Å². The van der Waals surface area contributed by atoms with Gasteiger partial charge in [0.25, 0.3) is 5.69 Å². The minimum Gasteiger partial charge on any atom is -0.493 e. The molecule has 0 unspecified atom stereocenters. The van der Waals surface area contributed by atoms with Crippen LogP contribution in [0.4, 0.5) is 5.69 Å². The van der Waals surface area contributed by atoms with Crippen LogP contribution in [-0.4, -0.2) is 53.2 Å². The van der Waals surface area contributed by atoms with Crippen LogP contribution in [-0.2, 0) is 11.3 Å². The van der Waals surface area contributed by atoms with Crippen molar-refractivity contribution in [3.05, 3.63) is 44.6 Å². The van der Waals surface area contributed by atoms with Crippen LogP contribution in [0.1, 0.15) is 16.3 Å². The number of aryl methyl sites for hydroxylation is 2. The predicted octanol–water partition coefficient (Wildman–Crippen LogP) is 3.85. The van der Waals surface area contributed by atoms with E-state index in [1.54, 1.807) is 11.3 Å². The summed E-state index contributed by atoms with van der Waals surface area (Å²) in [6.45, 7) is 7.62. The van der Waals surface area contributed by atoms with Gasteiger partial charge in [0.2, 0.25) is 5.88 Å². The molecule has 1 aliphatic rings. The van der Waals surface area contributed by atoms with E-state index in [1.165, 1.54) is 25.3 Å². The van der Waals surface area contributed by atoms with Crippen molar-refractivity contribution in [3.63, 3.8) is 0 Å². The molecule has 0 radical (unpaired) electrons. The molecule has 0 bridgehead atoms. The van der Waals surface area contributed by atoms with Gasteiger partial charge >= 0.3 is 0 Å². The molecule has 10 heteroatoms. The molecule has 1 aromatic carbocycles. The molecular formula is C20H22N4O5S. The third-order valence-electron chi connectivity index (χ3n) is 5.08. The van der Waals surface area contributed by atoms with Crippen LogP contribution in [0.3, 0.4) is 0 Å². The van der Waals surface area contributed by atoms with E-state index in [0.717, 1.165) is 33.7 Å². The molecule has 1 saturated heterocycles. The Kier molecular flexibility index (Phi) is 5.80. The Bertz CT molecular complexity index is 1090. The lowest BCUT2D eigenvalue weighted by Crippen LogP contribution is -2.36. The van der Waals surface area contributed by atoms with Gasteiger partial charge in [-0.3, -0.25) is 15.0 Å². The van der Waals surface area contributed by atoms with Crippen LogP contribution in [0.5, 0.6) is 17.4 Å².